The molecule has 3 aromatic rings. The Morgan fingerprint density at radius 3 is 2.17 bits per heavy atom. The highest BCUT2D eigenvalue weighted by atomic mass is 16.5. The van der Waals surface area contributed by atoms with Crippen LogP contribution < -0.4 is 0 Å². The van der Waals surface area contributed by atoms with Gasteiger partial charge in [0.25, 0.3) is 0 Å². The molecule has 0 saturated heterocycles. The summed E-state index contributed by atoms with van der Waals surface area (Å²) in [5.41, 5.74) is 7.05. The molecule has 122 valence electrons. The highest BCUT2D eigenvalue weighted by Crippen LogP contribution is 2.16. The predicted molar refractivity (Wildman–Crippen MR) is 94.0 cm³/mol. The van der Waals surface area contributed by atoms with Crippen LogP contribution in [0.3, 0.4) is 0 Å². The summed E-state index contributed by atoms with van der Waals surface area (Å²) in [7, 11) is 0. The summed E-state index contributed by atoms with van der Waals surface area (Å²) in [6.07, 6.45) is 0. The Morgan fingerprint density at radius 1 is 0.875 bits per heavy atom. The Kier molecular flexibility index (Phi) is 4.30. The number of aromatic nitrogens is 2. The molecule has 2 aromatic carbocycles. The van der Waals surface area contributed by atoms with Gasteiger partial charge in [0.1, 0.15) is 6.61 Å². The first-order valence-electron chi connectivity index (χ1n) is 7.91. The summed E-state index contributed by atoms with van der Waals surface area (Å²) >= 11 is 0. The van der Waals surface area contributed by atoms with E-state index in [0.717, 1.165) is 33.6 Å². The number of hydrogen-bond acceptors (Lipinski definition) is 4. The Balaban J connectivity index is 1.79. The van der Waals surface area contributed by atoms with E-state index in [2.05, 4.69) is 16.0 Å². The van der Waals surface area contributed by atoms with E-state index in [4.69, 9.17) is 4.74 Å². The molecule has 0 radical (unpaired) electrons. The molecule has 0 bridgehead atoms. The molecule has 0 aliphatic rings. The molecular weight excluding hydrogens is 300 g/mol. The van der Waals surface area contributed by atoms with Crippen LogP contribution in [0.1, 0.15) is 38.4 Å². The van der Waals surface area contributed by atoms with Crippen LogP contribution in [-0.4, -0.2) is 15.9 Å². The van der Waals surface area contributed by atoms with Crippen molar-refractivity contribution in [2.24, 2.45) is 0 Å². The molecule has 4 heteroatoms. The Labute approximate surface area is 141 Å². The highest BCUT2D eigenvalue weighted by molar-refractivity contribution is 5.93. The van der Waals surface area contributed by atoms with Crippen molar-refractivity contribution in [3.8, 4) is 0 Å². The second-order valence-electron chi connectivity index (χ2n) is 6.17. The second kappa shape index (κ2) is 6.40. The molecule has 0 unspecified atom stereocenters. The van der Waals surface area contributed by atoms with Gasteiger partial charge in [-0.3, -0.25) is 0 Å². The summed E-state index contributed by atoms with van der Waals surface area (Å²) in [6, 6.07) is 11.4. The van der Waals surface area contributed by atoms with E-state index in [9.17, 15) is 4.79 Å². The molecule has 24 heavy (non-hydrogen) atoms. The minimum atomic E-state index is -0.351. The Morgan fingerprint density at radius 2 is 1.50 bits per heavy atom. The summed E-state index contributed by atoms with van der Waals surface area (Å²) in [6.45, 7) is 8.16. The van der Waals surface area contributed by atoms with Crippen LogP contribution >= 0.6 is 0 Å². The number of fused-ring (bicyclic) bond motifs is 1. The fourth-order valence-electron chi connectivity index (χ4n) is 2.74. The fourth-order valence-corrected chi connectivity index (χ4v) is 2.74. The summed E-state index contributed by atoms with van der Waals surface area (Å²) in [4.78, 5) is 21.3. The van der Waals surface area contributed by atoms with Gasteiger partial charge in [0.05, 0.1) is 28.0 Å². The molecule has 0 N–H and O–H groups in total. The van der Waals surface area contributed by atoms with Crippen molar-refractivity contribution in [2.75, 3.05) is 0 Å². The molecule has 0 amide bonds. The van der Waals surface area contributed by atoms with Gasteiger partial charge in [0.2, 0.25) is 0 Å². The summed E-state index contributed by atoms with van der Waals surface area (Å²) < 4.78 is 5.44. The van der Waals surface area contributed by atoms with Crippen molar-refractivity contribution in [3.05, 3.63) is 70.0 Å². The average molecular weight is 320 g/mol. The second-order valence-corrected chi connectivity index (χ2v) is 6.17. The zero-order valence-corrected chi connectivity index (χ0v) is 14.4. The number of aryl methyl sites for hydroxylation is 4. The number of benzene rings is 2. The maximum Gasteiger partial charge on any atom is 0.338 e. The molecule has 1 heterocycles. The van der Waals surface area contributed by atoms with E-state index in [-0.39, 0.29) is 12.6 Å². The van der Waals surface area contributed by atoms with Gasteiger partial charge >= 0.3 is 5.97 Å². The highest BCUT2D eigenvalue weighted by Gasteiger charge is 2.10. The van der Waals surface area contributed by atoms with Crippen LogP contribution in [0.15, 0.2) is 36.4 Å². The van der Waals surface area contributed by atoms with Gasteiger partial charge in [-0.25, -0.2) is 14.8 Å². The lowest BCUT2D eigenvalue weighted by Gasteiger charge is -2.08. The number of carbonyl (C=O) groups excluding carboxylic acids is 1. The third-order valence-electron chi connectivity index (χ3n) is 3.96. The molecule has 4 nitrogen and oxygen atoms in total. The quantitative estimate of drug-likeness (QED) is 0.678. The molecule has 1 aromatic heterocycles. The first-order valence-corrected chi connectivity index (χ1v) is 7.91. The van der Waals surface area contributed by atoms with Crippen molar-refractivity contribution in [1.29, 1.82) is 0 Å². The summed E-state index contributed by atoms with van der Waals surface area (Å²) in [5.74, 6) is -0.351. The van der Waals surface area contributed by atoms with Gasteiger partial charge < -0.3 is 4.74 Å². The minimum absolute atomic E-state index is 0.262. The first kappa shape index (κ1) is 16.1. The summed E-state index contributed by atoms with van der Waals surface area (Å²) in [5, 5.41) is 0. The third kappa shape index (κ3) is 3.43. The third-order valence-corrected chi connectivity index (χ3v) is 3.96. The van der Waals surface area contributed by atoms with Crippen molar-refractivity contribution < 1.29 is 9.53 Å². The topological polar surface area (TPSA) is 52.1 Å². The van der Waals surface area contributed by atoms with Crippen molar-refractivity contribution in [3.63, 3.8) is 0 Å². The van der Waals surface area contributed by atoms with Gasteiger partial charge in [-0.2, -0.15) is 0 Å². The van der Waals surface area contributed by atoms with Crippen LogP contribution in [0, 0.1) is 27.7 Å². The molecule has 0 fully saturated rings. The van der Waals surface area contributed by atoms with E-state index >= 15 is 0 Å². The number of esters is 1. The first-order chi connectivity index (χ1) is 11.4. The van der Waals surface area contributed by atoms with Crippen molar-refractivity contribution in [2.45, 2.75) is 34.3 Å². The van der Waals surface area contributed by atoms with E-state index in [1.54, 1.807) is 12.1 Å². The predicted octanol–water partition coefficient (Wildman–Crippen LogP) is 4.22. The molecule has 0 aliphatic carbocycles. The lowest BCUT2D eigenvalue weighted by Crippen LogP contribution is -2.06. The maximum absolute atomic E-state index is 12.3. The minimum Gasteiger partial charge on any atom is -0.457 e. The zero-order valence-electron chi connectivity index (χ0n) is 14.4. The van der Waals surface area contributed by atoms with Gasteiger partial charge in [0, 0.05) is 0 Å². The maximum atomic E-state index is 12.3. The standard InChI is InChI=1S/C20H20N2O2/c1-12-7-13(2)9-16(8-12)11-24-20(23)17-5-6-18-19(10-17)22-15(4)14(3)21-18/h5-10H,11H2,1-4H3. The largest absolute Gasteiger partial charge is 0.457 e. The number of rotatable bonds is 3. The molecule has 0 saturated carbocycles. The van der Waals surface area contributed by atoms with Gasteiger partial charge in [-0.05, 0) is 51.5 Å². The molecule has 0 aliphatic heterocycles. The van der Waals surface area contributed by atoms with E-state index in [1.165, 1.54) is 0 Å². The Hall–Kier alpha value is -2.75. The van der Waals surface area contributed by atoms with Gasteiger partial charge in [0.15, 0.2) is 0 Å². The molecule has 0 spiro atoms. The monoisotopic (exact) mass is 320 g/mol. The van der Waals surface area contributed by atoms with Crippen LogP contribution in [0.4, 0.5) is 0 Å². The number of ether oxygens (including phenoxy) is 1. The van der Waals surface area contributed by atoms with Crippen molar-refractivity contribution >= 4 is 17.0 Å². The van der Waals surface area contributed by atoms with Gasteiger partial charge in [-0.1, -0.05) is 29.3 Å². The van der Waals surface area contributed by atoms with Crippen molar-refractivity contribution in [1.82, 2.24) is 9.97 Å². The molecule has 3 rings (SSSR count). The smallest absolute Gasteiger partial charge is 0.338 e. The Bertz CT molecular complexity index is 912. The van der Waals surface area contributed by atoms with Gasteiger partial charge in [-0.15, -0.1) is 0 Å². The van der Waals surface area contributed by atoms with Crippen LogP contribution in [0.5, 0.6) is 0 Å². The number of hydrogen-bond donors (Lipinski definition) is 0. The SMILES string of the molecule is Cc1cc(C)cc(COC(=O)c2ccc3nc(C)c(C)nc3c2)c1. The molecular formula is C20H20N2O2. The van der Waals surface area contributed by atoms with E-state index in [1.807, 2.05) is 45.9 Å². The number of nitrogens with zero attached hydrogens (tertiary/aromatic N) is 2. The molecule has 0 atom stereocenters. The van der Waals surface area contributed by atoms with Crippen LogP contribution in [0.2, 0.25) is 0 Å². The lowest BCUT2D eigenvalue weighted by molar-refractivity contribution is 0.0472. The fraction of sp³-hybridized carbons (Fsp3) is 0.250. The van der Waals surface area contributed by atoms with Crippen LogP contribution in [0.25, 0.3) is 11.0 Å². The van der Waals surface area contributed by atoms with E-state index in [0.29, 0.717) is 11.1 Å². The zero-order chi connectivity index (χ0) is 17.3. The van der Waals surface area contributed by atoms with E-state index < -0.39 is 0 Å². The average Bonchev–Trinajstić information content (AvgIpc) is 2.52. The van der Waals surface area contributed by atoms with Crippen LogP contribution in [-0.2, 0) is 11.3 Å². The normalized spacial score (nSPS) is 10.8. The lowest BCUT2D eigenvalue weighted by atomic mass is 10.1. The number of carbonyl (C=O) groups is 1.